The standard InChI is InChI=1S/C9H16Cl2N2O/c1-2-3-12-4-6-13(7-5-12)9(14)8(10)11/h8H,2-7H2,1H3. The molecule has 1 saturated heterocycles. The van der Waals surface area contributed by atoms with Gasteiger partial charge in [0.15, 0.2) is 4.84 Å². The lowest BCUT2D eigenvalue weighted by Gasteiger charge is -2.34. The molecular formula is C9H16Cl2N2O. The fraction of sp³-hybridized carbons (Fsp3) is 0.889. The van der Waals surface area contributed by atoms with Crippen LogP contribution in [0.4, 0.5) is 0 Å². The first-order valence-electron chi connectivity index (χ1n) is 4.94. The molecule has 0 atom stereocenters. The Kier molecular flexibility index (Phi) is 4.99. The van der Waals surface area contributed by atoms with Gasteiger partial charge in [-0.3, -0.25) is 9.69 Å². The molecular weight excluding hydrogens is 223 g/mol. The van der Waals surface area contributed by atoms with Crippen LogP contribution in [-0.4, -0.2) is 53.3 Å². The molecule has 1 amide bonds. The molecule has 1 aliphatic heterocycles. The van der Waals surface area contributed by atoms with Crippen molar-refractivity contribution < 1.29 is 4.79 Å². The number of hydrogen-bond acceptors (Lipinski definition) is 2. The summed E-state index contributed by atoms with van der Waals surface area (Å²) in [5.41, 5.74) is 0. The molecule has 0 N–H and O–H groups in total. The maximum Gasteiger partial charge on any atom is 0.255 e. The molecule has 1 rings (SSSR count). The number of carbonyl (C=O) groups is 1. The summed E-state index contributed by atoms with van der Waals surface area (Å²) < 4.78 is 0. The van der Waals surface area contributed by atoms with Gasteiger partial charge in [-0.15, -0.1) is 0 Å². The maximum atomic E-state index is 11.4. The van der Waals surface area contributed by atoms with Crippen molar-refractivity contribution in [2.24, 2.45) is 0 Å². The molecule has 1 heterocycles. The Labute approximate surface area is 94.9 Å². The highest BCUT2D eigenvalue weighted by atomic mass is 35.5. The van der Waals surface area contributed by atoms with Crippen LogP contribution in [0.15, 0.2) is 0 Å². The van der Waals surface area contributed by atoms with Crippen LogP contribution in [0.1, 0.15) is 13.3 Å². The summed E-state index contributed by atoms with van der Waals surface area (Å²) in [6.45, 7) is 6.61. The summed E-state index contributed by atoms with van der Waals surface area (Å²) in [5, 5.41) is 0. The second-order valence-electron chi connectivity index (χ2n) is 3.47. The predicted octanol–water partition coefficient (Wildman–Crippen LogP) is 1.34. The first-order valence-corrected chi connectivity index (χ1v) is 5.81. The lowest BCUT2D eigenvalue weighted by Crippen LogP contribution is -2.50. The molecule has 5 heteroatoms. The normalized spacial score (nSPS) is 19.0. The Morgan fingerprint density at radius 2 is 1.86 bits per heavy atom. The number of piperazine rings is 1. The Morgan fingerprint density at radius 3 is 2.29 bits per heavy atom. The van der Waals surface area contributed by atoms with Gasteiger partial charge in [0.2, 0.25) is 0 Å². The van der Waals surface area contributed by atoms with Gasteiger partial charge in [0.05, 0.1) is 0 Å². The van der Waals surface area contributed by atoms with Gasteiger partial charge >= 0.3 is 0 Å². The van der Waals surface area contributed by atoms with E-state index in [0.717, 1.165) is 39.1 Å². The van der Waals surface area contributed by atoms with Crippen LogP contribution >= 0.6 is 23.2 Å². The molecule has 0 aromatic carbocycles. The Morgan fingerprint density at radius 1 is 1.29 bits per heavy atom. The molecule has 1 aliphatic rings. The topological polar surface area (TPSA) is 23.6 Å². The lowest BCUT2D eigenvalue weighted by atomic mass is 10.3. The molecule has 0 unspecified atom stereocenters. The molecule has 1 fully saturated rings. The van der Waals surface area contributed by atoms with Crippen LogP contribution in [0.3, 0.4) is 0 Å². The third kappa shape index (κ3) is 3.30. The highest BCUT2D eigenvalue weighted by Gasteiger charge is 2.24. The predicted molar refractivity (Wildman–Crippen MR) is 58.8 cm³/mol. The molecule has 82 valence electrons. The first-order chi connectivity index (χ1) is 6.65. The average molecular weight is 239 g/mol. The maximum absolute atomic E-state index is 11.4. The number of carbonyl (C=O) groups excluding carboxylic acids is 1. The van der Waals surface area contributed by atoms with Crippen molar-refractivity contribution in [3.8, 4) is 0 Å². The van der Waals surface area contributed by atoms with Gasteiger partial charge in [0.1, 0.15) is 0 Å². The Hall–Kier alpha value is 0.01000. The second-order valence-corrected chi connectivity index (χ2v) is 4.56. The minimum absolute atomic E-state index is 0.163. The van der Waals surface area contributed by atoms with Gasteiger partial charge in [0.25, 0.3) is 5.91 Å². The summed E-state index contributed by atoms with van der Waals surface area (Å²) in [6, 6.07) is 0. The van der Waals surface area contributed by atoms with Gasteiger partial charge in [-0.1, -0.05) is 30.1 Å². The highest BCUT2D eigenvalue weighted by Crippen LogP contribution is 2.10. The fourth-order valence-corrected chi connectivity index (χ4v) is 1.92. The quantitative estimate of drug-likeness (QED) is 0.694. The molecule has 0 spiro atoms. The lowest BCUT2D eigenvalue weighted by molar-refractivity contribution is -0.131. The summed E-state index contributed by atoms with van der Waals surface area (Å²) >= 11 is 11.0. The van der Waals surface area contributed by atoms with Gasteiger partial charge in [-0.2, -0.15) is 0 Å². The van der Waals surface area contributed by atoms with E-state index >= 15 is 0 Å². The summed E-state index contributed by atoms with van der Waals surface area (Å²) in [4.78, 5) is 14.6. The SMILES string of the molecule is CCCN1CCN(C(=O)C(Cl)Cl)CC1. The zero-order chi connectivity index (χ0) is 10.6. The molecule has 0 radical (unpaired) electrons. The molecule has 3 nitrogen and oxygen atoms in total. The van der Waals surface area contributed by atoms with Crippen LogP contribution < -0.4 is 0 Å². The van der Waals surface area contributed by atoms with Gasteiger partial charge in [-0.05, 0) is 13.0 Å². The van der Waals surface area contributed by atoms with Crippen molar-refractivity contribution in [3.63, 3.8) is 0 Å². The number of rotatable bonds is 3. The van der Waals surface area contributed by atoms with Crippen molar-refractivity contribution >= 4 is 29.1 Å². The van der Waals surface area contributed by atoms with E-state index in [1.54, 1.807) is 4.90 Å². The van der Waals surface area contributed by atoms with E-state index in [4.69, 9.17) is 23.2 Å². The second kappa shape index (κ2) is 5.79. The summed E-state index contributed by atoms with van der Waals surface area (Å²) in [5.74, 6) is -0.163. The highest BCUT2D eigenvalue weighted by molar-refractivity contribution is 6.53. The number of halogens is 2. The summed E-state index contributed by atoms with van der Waals surface area (Å²) in [6.07, 6.45) is 1.15. The van der Waals surface area contributed by atoms with E-state index in [1.807, 2.05) is 0 Å². The Bertz CT molecular complexity index is 191. The molecule has 0 aromatic heterocycles. The first kappa shape index (κ1) is 12.1. The molecule has 0 saturated carbocycles. The number of alkyl halides is 2. The molecule has 0 bridgehead atoms. The fourth-order valence-electron chi connectivity index (χ4n) is 1.65. The third-order valence-electron chi connectivity index (χ3n) is 2.41. The van der Waals surface area contributed by atoms with E-state index in [2.05, 4.69) is 11.8 Å². The van der Waals surface area contributed by atoms with E-state index < -0.39 is 4.84 Å². The largest absolute Gasteiger partial charge is 0.338 e. The number of nitrogens with zero attached hydrogens (tertiary/aromatic N) is 2. The van der Waals surface area contributed by atoms with E-state index in [-0.39, 0.29) is 5.91 Å². The van der Waals surface area contributed by atoms with Crippen LogP contribution in [0.5, 0.6) is 0 Å². The Balaban J connectivity index is 2.32. The van der Waals surface area contributed by atoms with Crippen molar-refractivity contribution in [2.45, 2.75) is 18.2 Å². The van der Waals surface area contributed by atoms with Crippen LogP contribution in [0.2, 0.25) is 0 Å². The smallest absolute Gasteiger partial charge is 0.255 e. The van der Waals surface area contributed by atoms with Gasteiger partial charge in [-0.25, -0.2) is 0 Å². The third-order valence-corrected chi connectivity index (χ3v) is 2.78. The zero-order valence-electron chi connectivity index (χ0n) is 8.38. The van der Waals surface area contributed by atoms with Gasteiger partial charge in [0, 0.05) is 26.2 Å². The zero-order valence-corrected chi connectivity index (χ0v) is 9.89. The molecule has 14 heavy (non-hydrogen) atoms. The van der Waals surface area contributed by atoms with E-state index in [0.29, 0.717) is 0 Å². The summed E-state index contributed by atoms with van der Waals surface area (Å²) in [7, 11) is 0. The van der Waals surface area contributed by atoms with Crippen LogP contribution in [0, 0.1) is 0 Å². The minimum atomic E-state index is -0.910. The van der Waals surface area contributed by atoms with Crippen molar-refractivity contribution in [3.05, 3.63) is 0 Å². The minimum Gasteiger partial charge on any atom is -0.338 e. The van der Waals surface area contributed by atoms with Gasteiger partial charge < -0.3 is 4.90 Å². The van der Waals surface area contributed by atoms with Crippen molar-refractivity contribution in [1.82, 2.24) is 9.80 Å². The van der Waals surface area contributed by atoms with Crippen molar-refractivity contribution in [2.75, 3.05) is 32.7 Å². The molecule has 0 aromatic rings. The number of amides is 1. The van der Waals surface area contributed by atoms with E-state index in [1.165, 1.54) is 0 Å². The van der Waals surface area contributed by atoms with Crippen molar-refractivity contribution in [1.29, 1.82) is 0 Å². The monoisotopic (exact) mass is 238 g/mol. The average Bonchev–Trinajstić information content (AvgIpc) is 2.18. The van der Waals surface area contributed by atoms with Crippen LogP contribution in [0.25, 0.3) is 0 Å². The molecule has 0 aliphatic carbocycles. The van der Waals surface area contributed by atoms with E-state index in [9.17, 15) is 4.79 Å². The number of hydrogen-bond donors (Lipinski definition) is 0. The van der Waals surface area contributed by atoms with Crippen LogP contribution in [-0.2, 0) is 4.79 Å².